The number of hydrogen-bond acceptors (Lipinski definition) is 1. The third kappa shape index (κ3) is 1.83. The Bertz CT molecular complexity index is 1020. The zero-order valence-electron chi connectivity index (χ0n) is 11.7. The van der Waals surface area contributed by atoms with E-state index in [9.17, 15) is 9.18 Å². The molecular formula is C19H12FNO. The number of nitrogens with zero attached hydrogens (tertiary/aromatic N) is 1. The van der Waals surface area contributed by atoms with Crippen LogP contribution in [-0.4, -0.2) is 10.2 Å². The van der Waals surface area contributed by atoms with Crippen molar-refractivity contribution >= 4 is 22.1 Å². The molecule has 4 aromatic rings. The smallest absolute Gasteiger partial charge is 0.212 e. The van der Waals surface area contributed by atoms with Gasteiger partial charge in [0.1, 0.15) is 5.82 Å². The molecule has 0 atom stereocenters. The summed E-state index contributed by atoms with van der Waals surface area (Å²) < 4.78 is 15.7. The average Bonchev–Trinajstić information content (AvgIpc) is 2.99. The van der Waals surface area contributed by atoms with Gasteiger partial charge in [-0.15, -0.1) is 0 Å². The summed E-state index contributed by atoms with van der Waals surface area (Å²) >= 11 is 0. The van der Waals surface area contributed by atoms with Crippen LogP contribution in [0.2, 0.25) is 0 Å². The molecule has 3 heteroatoms. The molecule has 4 rings (SSSR count). The lowest BCUT2D eigenvalue weighted by Gasteiger charge is -2.06. The summed E-state index contributed by atoms with van der Waals surface area (Å²) in [4.78, 5) is 12.6. The van der Waals surface area contributed by atoms with Crippen molar-refractivity contribution < 1.29 is 9.18 Å². The van der Waals surface area contributed by atoms with Gasteiger partial charge in [-0.2, -0.15) is 0 Å². The summed E-state index contributed by atoms with van der Waals surface area (Å²) in [5.41, 5.74) is 1.50. The Morgan fingerprint density at radius 2 is 1.64 bits per heavy atom. The molecule has 0 N–H and O–H groups in total. The quantitative estimate of drug-likeness (QED) is 0.499. The van der Waals surface area contributed by atoms with E-state index < -0.39 is 5.82 Å². The Morgan fingerprint density at radius 1 is 0.864 bits per heavy atom. The molecule has 2 nitrogen and oxygen atoms in total. The van der Waals surface area contributed by atoms with Crippen LogP contribution in [0.1, 0.15) is 16.1 Å². The monoisotopic (exact) mass is 289 g/mol. The molecule has 0 bridgehead atoms. The number of rotatable bonds is 2. The first-order valence-corrected chi connectivity index (χ1v) is 7.04. The van der Waals surface area contributed by atoms with E-state index in [0.29, 0.717) is 5.69 Å². The highest BCUT2D eigenvalue weighted by molar-refractivity contribution is 6.10. The summed E-state index contributed by atoms with van der Waals surface area (Å²) in [6.07, 6.45) is 1.85. The van der Waals surface area contributed by atoms with E-state index in [4.69, 9.17) is 0 Å². The molecule has 0 aliphatic carbocycles. The molecule has 2 aromatic heterocycles. The van der Waals surface area contributed by atoms with Crippen LogP contribution in [0.4, 0.5) is 4.39 Å². The number of ketones is 1. The van der Waals surface area contributed by atoms with Crippen molar-refractivity contribution in [3.05, 3.63) is 90.0 Å². The SMILES string of the molecule is O=C(c1ccccc1F)c1ccc2c3ccccc3ccn12. The van der Waals surface area contributed by atoms with Gasteiger partial charge in [0.15, 0.2) is 0 Å². The van der Waals surface area contributed by atoms with Crippen LogP contribution in [0.5, 0.6) is 0 Å². The molecule has 0 spiro atoms. The van der Waals surface area contributed by atoms with E-state index in [2.05, 4.69) is 0 Å². The Morgan fingerprint density at radius 3 is 2.50 bits per heavy atom. The van der Waals surface area contributed by atoms with Crippen molar-refractivity contribution in [2.75, 3.05) is 0 Å². The average molecular weight is 289 g/mol. The molecule has 0 aliphatic heterocycles. The van der Waals surface area contributed by atoms with Gasteiger partial charge in [0, 0.05) is 11.6 Å². The van der Waals surface area contributed by atoms with Gasteiger partial charge in [0.25, 0.3) is 0 Å². The summed E-state index contributed by atoms with van der Waals surface area (Å²) in [5, 5.41) is 2.18. The van der Waals surface area contributed by atoms with Crippen LogP contribution in [0.25, 0.3) is 16.3 Å². The van der Waals surface area contributed by atoms with E-state index in [1.807, 2.05) is 47.0 Å². The maximum Gasteiger partial charge on any atom is 0.212 e. The third-order valence-electron chi connectivity index (χ3n) is 3.91. The highest BCUT2D eigenvalue weighted by Gasteiger charge is 2.17. The first kappa shape index (κ1) is 12.8. The highest BCUT2D eigenvalue weighted by atomic mass is 19.1. The predicted octanol–water partition coefficient (Wildman–Crippen LogP) is 4.46. The third-order valence-corrected chi connectivity index (χ3v) is 3.91. The van der Waals surface area contributed by atoms with Gasteiger partial charge in [-0.3, -0.25) is 4.79 Å². The van der Waals surface area contributed by atoms with Gasteiger partial charge in [-0.25, -0.2) is 4.39 Å². The Balaban J connectivity index is 1.95. The second-order valence-electron chi connectivity index (χ2n) is 5.19. The van der Waals surface area contributed by atoms with Gasteiger partial charge in [0.05, 0.1) is 16.8 Å². The van der Waals surface area contributed by atoms with Crippen molar-refractivity contribution in [3.8, 4) is 0 Å². The van der Waals surface area contributed by atoms with Gasteiger partial charge < -0.3 is 4.40 Å². The van der Waals surface area contributed by atoms with E-state index in [-0.39, 0.29) is 11.3 Å². The topological polar surface area (TPSA) is 21.5 Å². The number of fused-ring (bicyclic) bond motifs is 3. The number of pyridine rings is 1. The summed E-state index contributed by atoms with van der Waals surface area (Å²) in [6, 6.07) is 19.7. The van der Waals surface area contributed by atoms with Crippen LogP contribution in [0, 0.1) is 5.82 Å². The summed E-state index contributed by atoms with van der Waals surface area (Å²) in [7, 11) is 0. The van der Waals surface area contributed by atoms with Crippen LogP contribution >= 0.6 is 0 Å². The molecule has 0 amide bonds. The molecule has 2 aromatic carbocycles. The van der Waals surface area contributed by atoms with Gasteiger partial charge in [-0.05, 0) is 35.7 Å². The van der Waals surface area contributed by atoms with Crippen molar-refractivity contribution in [3.63, 3.8) is 0 Å². The fourth-order valence-electron chi connectivity index (χ4n) is 2.83. The second kappa shape index (κ2) is 4.81. The first-order chi connectivity index (χ1) is 10.8. The van der Waals surface area contributed by atoms with Crippen LogP contribution in [0.3, 0.4) is 0 Å². The fourth-order valence-corrected chi connectivity index (χ4v) is 2.83. The largest absolute Gasteiger partial charge is 0.313 e. The van der Waals surface area contributed by atoms with Crippen molar-refractivity contribution in [1.29, 1.82) is 0 Å². The maximum atomic E-state index is 13.9. The minimum absolute atomic E-state index is 0.0932. The summed E-state index contributed by atoms with van der Waals surface area (Å²) in [5.74, 6) is -0.809. The highest BCUT2D eigenvalue weighted by Crippen LogP contribution is 2.23. The van der Waals surface area contributed by atoms with Gasteiger partial charge >= 0.3 is 0 Å². The fraction of sp³-hybridized carbons (Fsp3) is 0. The predicted molar refractivity (Wildman–Crippen MR) is 84.7 cm³/mol. The molecule has 0 fully saturated rings. The molecule has 22 heavy (non-hydrogen) atoms. The van der Waals surface area contributed by atoms with E-state index in [1.54, 1.807) is 18.2 Å². The molecule has 0 radical (unpaired) electrons. The first-order valence-electron chi connectivity index (χ1n) is 7.04. The van der Waals surface area contributed by atoms with E-state index in [1.165, 1.54) is 12.1 Å². The van der Waals surface area contributed by atoms with E-state index in [0.717, 1.165) is 16.3 Å². The number of benzene rings is 2. The molecule has 0 unspecified atom stereocenters. The van der Waals surface area contributed by atoms with Crippen LogP contribution < -0.4 is 0 Å². The normalized spacial score (nSPS) is 11.1. The minimum atomic E-state index is -0.497. The Hall–Kier alpha value is -2.94. The Labute approximate surface area is 126 Å². The van der Waals surface area contributed by atoms with Crippen molar-refractivity contribution in [2.24, 2.45) is 0 Å². The number of hydrogen-bond donors (Lipinski definition) is 0. The summed E-state index contributed by atoms with van der Waals surface area (Å²) in [6.45, 7) is 0. The molecule has 0 saturated carbocycles. The Kier molecular flexibility index (Phi) is 2.79. The molecular weight excluding hydrogens is 277 g/mol. The number of carbonyl (C=O) groups excluding carboxylic acids is 1. The lowest BCUT2D eigenvalue weighted by atomic mass is 10.1. The van der Waals surface area contributed by atoms with Gasteiger partial charge in [0.2, 0.25) is 5.78 Å². The zero-order valence-corrected chi connectivity index (χ0v) is 11.7. The molecule has 2 heterocycles. The van der Waals surface area contributed by atoms with E-state index >= 15 is 0 Å². The van der Waals surface area contributed by atoms with Crippen LogP contribution in [0.15, 0.2) is 72.9 Å². The molecule has 106 valence electrons. The molecule has 0 saturated heterocycles. The second-order valence-corrected chi connectivity index (χ2v) is 5.19. The minimum Gasteiger partial charge on any atom is -0.313 e. The lowest BCUT2D eigenvalue weighted by molar-refractivity contribution is 0.103. The number of halogens is 1. The van der Waals surface area contributed by atoms with Crippen LogP contribution in [-0.2, 0) is 0 Å². The zero-order chi connectivity index (χ0) is 15.1. The van der Waals surface area contributed by atoms with Crippen molar-refractivity contribution in [2.45, 2.75) is 0 Å². The van der Waals surface area contributed by atoms with Gasteiger partial charge in [-0.1, -0.05) is 36.4 Å². The lowest BCUT2D eigenvalue weighted by Crippen LogP contribution is -2.07. The number of carbonyl (C=O) groups is 1. The maximum absolute atomic E-state index is 13.9. The van der Waals surface area contributed by atoms with Crippen molar-refractivity contribution in [1.82, 2.24) is 4.40 Å². The number of aromatic nitrogens is 1. The molecule has 0 aliphatic rings. The standard InChI is InChI=1S/C19H12FNO/c20-16-8-4-3-7-15(16)19(22)18-10-9-17-14-6-2-1-5-13(14)11-12-21(17)18/h1-12H.